The van der Waals surface area contributed by atoms with E-state index in [-0.39, 0.29) is 31.6 Å². The number of nitrogens with zero attached hydrogens (tertiary/aromatic N) is 2. The van der Waals surface area contributed by atoms with Crippen molar-refractivity contribution in [2.45, 2.75) is 76.3 Å². The molecule has 11 nitrogen and oxygen atoms in total. The van der Waals surface area contributed by atoms with E-state index in [4.69, 9.17) is 14.2 Å². The van der Waals surface area contributed by atoms with Crippen molar-refractivity contribution in [1.82, 2.24) is 15.5 Å². The van der Waals surface area contributed by atoms with E-state index in [1.807, 2.05) is 92.4 Å². The van der Waals surface area contributed by atoms with E-state index in [0.29, 0.717) is 49.7 Å². The van der Waals surface area contributed by atoms with Crippen molar-refractivity contribution in [3.8, 4) is 17.2 Å². The van der Waals surface area contributed by atoms with E-state index in [2.05, 4.69) is 15.5 Å². The molecule has 0 radical (unpaired) electrons. The van der Waals surface area contributed by atoms with Crippen LogP contribution in [0.5, 0.6) is 17.2 Å². The van der Waals surface area contributed by atoms with Crippen molar-refractivity contribution in [2.24, 2.45) is 5.92 Å². The fourth-order valence-electron chi connectivity index (χ4n) is 7.32. The number of aryl methyl sites for hydroxylation is 1. The van der Waals surface area contributed by atoms with Gasteiger partial charge in [0, 0.05) is 55.5 Å². The SMILES string of the molecule is COc1cc(N2CCN(C[C@@H](O)C[C@@H](Cc3ccccc3)C(=O)N[C@H]3c4ccccc4CC[C@H]3O)[C@H](C(=O)NC(C)(C)C)C2)cc2c1OCO2. The molecule has 2 amide bonds. The fourth-order valence-corrected chi connectivity index (χ4v) is 7.32. The predicted molar refractivity (Wildman–Crippen MR) is 190 cm³/mol. The summed E-state index contributed by atoms with van der Waals surface area (Å²) in [5.41, 5.74) is 3.45. The molecule has 0 bridgehead atoms. The maximum Gasteiger partial charge on any atom is 0.239 e. The summed E-state index contributed by atoms with van der Waals surface area (Å²) in [6.07, 6.45) is 0.367. The predicted octanol–water partition coefficient (Wildman–Crippen LogP) is 3.60. The summed E-state index contributed by atoms with van der Waals surface area (Å²) in [6.45, 7) is 7.66. The number of benzene rings is 3. The van der Waals surface area contributed by atoms with Gasteiger partial charge in [0.2, 0.25) is 24.4 Å². The van der Waals surface area contributed by atoms with Crippen LogP contribution in [-0.4, -0.2) is 90.8 Å². The molecule has 1 fully saturated rings. The lowest BCUT2D eigenvalue weighted by atomic mass is 9.84. The second-order valence-electron chi connectivity index (χ2n) is 14.6. The number of aliphatic hydroxyl groups excluding tert-OH is 2. The average molecular weight is 687 g/mol. The zero-order chi connectivity index (χ0) is 35.4. The Bertz CT molecular complexity index is 1650. The highest BCUT2D eigenvalue weighted by Gasteiger charge is 2.37. The molecule has 0 unspecified atom stereocenters. The van der Waals surface area contributed by atoms with Crippen molar-refractivity contribution in [3.63, 3.8) is 0 Å². The van der Waals surface area contributed by atoms with Gasteiger partial charge in [-0.25, -0.2) is 0 Å². The summed E-state index contributed by atoms with van der Waals surface area (Å²) < 4.78 is 16.8. The third kappa shape index (κ3) is 8.34. The van der Waals surface area contributed by atoms with Gasteiger partial charge in [-0.05, 0) is 63.1 Å². The first-order valence-corrected chi connectivity index (χ1v) is 17.6. The molecule has 2 aliphatic heterocycles. The normalized spacial score (nSPS) is 21.6. The number of fused-ring (bicyclic) bond motifs is 2. The summed E-state index contributed by atoms with van der Waals surface area (Å²) in [7, 11) is 1.58. The third-order valence-electron chi connectivity index (χ3n) is 9.78. The Labute approximate surface area is 294 Å². The monoisotopic (exact) mass is 686 g/mol. The number of methoxy groups -OCH3 is 1. The number of aliphatic hydroxyl groups is 2. The van der Waals surface area contributed by atoms with Crippen LogP contribution in [0.3, 0.4) is 0 Å². The molecule has 1 saturated heterocycles. The van der Waals surface area contributed by atoms with Crippen molar-refractivity contribution in [2.75, 3.05) is 45.0 Å². The molecule has 4 N–H and O–H groups in total. The molecule has 0 spiro atoms. The summed E-state index contributed by atoms with van der Waals surface area (Å²) in [5.74, 6) is 0.826. The maximum atomic E-state index is 14.0. The molecule has 50 heavy (non-hydrogen) atoms. The van der Waals surface area contributed by atoms with Crippen molar-refractivity contribution in [3.05, 3.63) is 83.4 Å². The van der Waals surface area contributed by atoms with E-state index in [9.17, 15) is 19.8 Å². The molecule has 3 aromatic carbocycles. The number of β-amino-alcohol motifs (C(OH)–C–C–N with tert-alkyl or cyclic N) is 1. The minimum atomic E-state index is -0.889. The van der Waals surface area contributed by atoms with E-state index in [0.717, 1.165) is 28.8 Å². The Kier molecular flexibility index (Phi) is 10.9. The van der Waals surface area contributed by atoms with Crippen LogP contribution in [0.4, 0.5) is 5.69 Å². The lowest BCUT2D eigenvalue weighted by molar-refractivity contribution is -0.130. The largest absolute Gasteiger partial charge is 0.493 e. The van der Waals surface area contributed by atoms with Gasteiger partial charge < -0.3 is 40.0 Å². The Morgan fingerprint density at radius 2 is 1.80 bits per heavy atom. The molecule has 2 heterocycles. The summed E-state index contributed by atoms with van der Waals surface area (Å²) in [4.78, 5) is 32.0. The Morgan fingerprint density at radius 3 is 2.56 bits per heavy atom. The minimum absolute atomic E-state index is 0.120. The molecule has 5 atom stereocenters. The summed E-state index contributed by atoms with van der Waals surface area (Å²) in [5, 5.41) is 28.9. The van der Waals surface area contributed by atoms with Gasteiger partial charge in [-0.2, -0.15) is 0 Å². The van der Waals surface area contributed by atoms with Gasteiger partial charge in [0.1, 0.15) is 6.04 Å². The first kappa shape index (κ1) is 35.5. The van der Waals surface area contributed by atoms with Crippen LogP contribution in [0, 0.1) is 5.92 Å². The topological polar surface area (TPSA) is 133 Å². The number of amides is 2. The van der Waals surface area contributed by atoms with Gasteiger partial charge in [0.05, 0.1) is 25.4 Å². The van der Waals surface area contributed by atoms with Crippen LogP contribution in [0.1, 0.15) is 56.3 Å². The van der Waals surface area contributed by atoms with Gasteiger partial charge in [-0.15, -0.1) is 0 Å². The highest BCUT2D eigenvalue weighted by atomic mass is 16.7. The van der Waals surface area contributed by atoms with Crippen LogP contribution in [0.25, 0.3) is 0 Å². The van der Waals surface area contributed by atoms with Crippen molar-refractivity contribution in [1.29, 1.82) is 0 Å². The lowest BCUT2D eigenvalue weighted by Gasteiger charge is -2.43. The average Bonchev–Trinajstić information content (AvgIpc) is 3.58. The Hall–Kier alpha value is -4.32. The quantitative estimate of drug-likeness (QED) is 0.239. The minimum Gasteiger partial charge on any atom is -0.493 e. The number of anilines is 1. The van der Waals surface area contributed by atoms with E-state index >= 15 is 0 Å². The smallest absolute Gasteiger partial charge is 0.239 e. The van der Waals surface area contributed by atoms with E-state index < -0.39 is 35.7 Å². The summed E-state index contributed by atoms with van der Waals surface area (Å²) in [6, 6.07) is 20.4. The molecule has 6 rings (SSSR count). The number of carbonyl (C=O) groups is 2. The van der Waals surface area contributed by atoms with Crippen LogP contribution in [0.2, 0.25) is 0 Å². The van der Waals surface area contributed by atoms with Crippen LogP contribution in [-0.2, 0) is 22.4 Å². The van der Waals surface area contributed by atoms with Gasteiger partial charge in [0.25, 0.3) is 0 Å². The standard InChI is InChI=1S/C39H50N4O7/c1-39(2,3)41-38(47)31-23-42(28-20-33(48-4)36-34(21-28)49-24-50-36)16-17-43(31)22-29(44)19-27(18-25-10-6-5-7-11-25)37(46)40-35-30-13-9-8-12-26(30)14-15-32(35)45/h5-13,20-21,27,29,31-32,35,44-45H,14-19,22-24H2,1-4H3,(H,40,46)(H,41,47)/t27-,29+,31+,32-,35+/m1/s1. The number of hydrogen-bond acceptors (Lipinski definition) is 9. The molecular formula is C39H50N4O7. The number of piperazine rings is 1. The molecule has 1 aliphatic carbocycles. The van der Waals surface area contributed by atoms with E-state index in [1.165, 1.54) is 0 Å². The zero-order valence-electron chi connectivity index (χ0n) is 29.4. The number of rotatable bonds is 11. The highest BCUT2D eigenvalue weighted by molar-refractivity contribution is 5.83. The molecule has 3 aliphatic rings. The number of hydrogen-bond donors (Lipinski definition) is 4. The maximum absolute atomic E-state index is 14.0. The molecule has 0 saturated carbocycles. The first-order valence-electron chi connectivity index (χ1n) is 17.6. The molecule has 0 aromatic heterocycles. The molecular weight excluding hydrogens is 636 g/mol. The Balaban J connectivity index is 1.19. The molecule has 11 heteroatoms. The number of carbonyl (C=O) groups excluding carboxylic acids is 2. The van der Waals surface area contributed by atoms with Crippen molar-refractivity contribution < 1.29 is 34.0 Å². The summed E-state index contributed by atoms with van der Waals surface area (Å²) >= 11 is 0. The zero-order valence-corrected chi connectivity index (χ0v) is 29.4. The second kappa shape index (κ2) is 15.3. The second-order valence-corrected chi connectivity index (χ2v) is 14.6. The van der Waals surface area contributed by atoms with Gasteiger partial charge in [0.15, 0.2) is 11.5 Å². The highest BCUT2D eigenvalue weighted by Crippen LogP contribution is 2.44. The van der Waals surface area contributed by atoms with Crippen LogP contribution in [0.15, 0.2) is 66.7 Å². The number of ether oxygens (including phenoxy) is 3. The third-order valence-corrected chi connectivity index (χ3v) is 9.78. The molecule has 268 valence electrons. The van der Waals surface area contributed by atoms with Gasteiger partial charge >= 0.3 is 0 Å². The first-order chi connectivity index (χ1) is 24.0. The van der Waals surface area contributed by atoms with Gasteiger partial charge in [-0.1, -0.05) is 54.6 Å². The lowest BCUT2D eigenvalue weighted by Crippen LogP contribution is -2.62. The Morgan fingerprint density at radius 1 is 1.04 bits per heavy atom. The van der Waals surface area contributed by atoms with Crippen molar-refractivity contribution >= 4 is 17.5 Å². The molecule has 3 aromatic rings. The van der Waals surface area contributed by atoms with E-state index in [1.54, 1.807) is 7.11 Å². The van der Waals surface area contributed by atoms with Crippen LogP contribution < -0.4 is 29.7 Å². The fraction of sp³-hybridized carbons (Fsp3) is 0.487. The van der Waals surface area contributed by atoms with Gasteiger partial charge in [-0.3, -0.25) is 14.5 Å². The van der Waals surface area contributed by atoms with Crippen LogP contribution >= 0.6 is 0 Å². The number of nitrogens with one attached hydrogen (secondary N) is 2.